The zero-order chi connectivity index (χ0) is 11.1. The molecule has 3 nitrogen and oxygen atoms in total. The number of ether oxygens (including phenoxy) is 1. The van der Waals surface area contributed by atoms with Crippen molar-refractivity contribution in [3.63, 3.8) is 0 Å². The summed E-state index contributed by atoms with van der Waals surface area (Å²) >= 11 is 0. The van der Waals surface area contributed by atoms with Crippen LogP contribution in [0.2, 0.25) is 0 Å². The van der Waals surface area contributed by atoms with Gasteiger partial charge in [-0.2, -0.15) is 0 Å². The summed E-state index contributed by atoms with van der Waals surface area (Å²) in [4.78, 5) is 11.4. The molecule has 1 fully saturated rings. The minimum absolute atomic E-state index is 0.220. The lowest BCUT2D eigenvalue weighted by Gasteiger charge is -2.25. The fourth-order valence-electron chi connectivity index (χ4n) is 1.76. The molecule has 88 valence electrons. The van der Waals surface area contributed by atoms with E-state index in [1.165, 1.54) is 19.3 Å². The molecule has 0 heterocycles. The highest BCUT2D eigenvalue weighted by atomic mass is 16.5. The largest absolute Gasteiger partial charge is 0.465 e. The maximum atomic E-state index is 11.4. The van der Waals surface area contributed by atoms with Crippen molar-refractivity contribution in [3.05, 3.63) is 0 Å². The van der Waals surface area contributed by atoms with E-state index in [1.54, 1.807) is 0 Å². The van der Waals surface area contributed by atoms with Gasteiger partial charge in [0, 0.05) is 0 Å². The van der Waals surface area contributed by atoms with Gasteiger partial charge in [0.25, 0.3) is 0 Å². The first-order chi connectivity index (χ1) is 7.24. The molecule has 1 unspecified atom stereocenters. The van der Waals surface area contributed by atoms with E-state index in [2.05, 4.69) is 6.92 Å². The first-order valence-electron chi connectivity index (χ1n) is 6.16. The molecule has 0 aromatic rings. The number of unbranched alkanes of at least 4 members (excludes halogenated alkanes) is 1. The third-order valence-corrected chi connectivity index (χ3v) is 3.17. The monoisotopic (exact) mass is 213 g/mol. The average molecular weight is 213 g/mol. The lowest BCUT2D eigenvalue weighted by Crippen LogP contribution is -2.32. The van der Waals surface area contributed by atoms with Crippen molar-refractivity contribution in [1.82, 2.24) is 0 Å². The Morgan fingerprint density at radius 2 is 2.27 bits per heavy atom. The van der Waals surface area contributed by atoms with Crippen LogP contribution in [0.25, 0.3) is 0 Å². The summed E-state index contributed by atoms with van der Waals surface area (Å²) < 4.78 is 5.14. The van der Waals surface area contributed by atoms with Crippen LogP contribution in [0.3, 0.4) is 0 Å². The summed E-state index contributed by atoms with van der Waals surface area (Å²) in [5.41, 5.74) is 5.69. The fraction of sp³-hybridized carbons (Fsp3) is 0.917. The van der Waals surface area contributed by atoms with Gasteiger partial charge >= 0.3 is 5.97 Å². The minimum atomic E-state index is -0.411. The van der Waals surface area contributed by atoms with Crippen molar-refractivity contribution in [2.24, 2.45) is 11.7 Å². The van der Waals surface area contributed by atoms with Gasteiger partial charge in [-0.15, -0.1) is 0 Å². The van der Waals surface area contributed by atoms with Gasteiger partial charge in [-0.3, -0.25) is 4.79 Å². The predicted octanol–water partition coefficient (Wildman–Crippen LogP) is 2.24. The van der Waals surface area contributed by atoms with Crippen LogP contribution >= 0.6 is 0 Å². The molecule has 1 aliphatic carbocycles. The molecule has 0 spiro atoms. The molecular weight excluding hydrogens is 190 g/mol. The van der Waals surface area contributed by atoms with E-state index < -0.39 is 6.04 Å². The summed E-state index contributed by atoms with van der Waals surface area (Å²) in [6.45, 7) is 2.65. The van der Waals surface area contributed by atoms with Crippen molar-refractivity contribution in [1.29, 1.82) is 0 Å². The first-order valence-corrected chi connectivity index (χ1v) is 6.16. The van der Waals surface area contributed by atoms with Gasteiger partial charge < -0.3 is 10.5 Å². The average Bonchev–Trinajstić information content (AvgIpc) is 2.17. The number of carbonyl (C=O) groups is 1. The van der Waals surface area contributed by atoms with Gasteiger partial charge in [0.1, 0.15) is 6.04 Å². The van der Waals surface area contributed by atoms with Crippen LogP contribution in [0.1, 0.15) is 51.9 Å². The molecule has 0 bridgehead atoms. The zero-order valence-electron chi connectivity index (χ0n) is 9.71. The molecule has 0 amide bonds. The lowest BCUT2D eigenvalue weighted by molar-refractivity contribution is -0.145. The SMILES string of the molecule is CCCCC(N)C(=O)OCCC1CCC1. The Balaban J connectivity index is 2.00. The van der Waals surface area contributed by atoms with Crippen LogP contribution in [-0.2, 0) is 9.53 Å². The highest BCUT2D eigenvalue weighted by Crippen LogP contribution is 2.29. The van der Waals surface area contributed by atoms with Crippen molar-refractivity contribution in [3.8, 4) is 0 Å². The van der Waals surface area contributed by atoms with Crippen molar-refractivity contribution >= 4 is 5.97 Å². The second-order valence-electron chi connectivity index (χ2n) is 4.50. The van der Waals surface area contributed by atoms with Crippen LogP contribution in [0.4, 0.5) is 0 Å². The summed E-state index contributed by atoms with van der Waals surface area (Å²) in [5.74, 6) is 0.576. The van der Waals surface area contributed by atoms with Crippen LogP contribution in [-0.4, -0.2) is 18.6 Å². The molecule has 1 saturated carbocycles. The number of hydrogen-bond donors (Lipinski definition) is 1. The Morgan fingerprint density at radius 3 is 2.80 bits per heavy atom. The number of carbonyl (C=O) groups excluding carboxylic acids is 1. The quantitative estimate of drug-likeness (QED) is 0.660. The Morgan fingerprint density at radius 1 is 1.53 bits per heavy atom. The van der Waals surface area contributed by atoms with E-state index in [0.717, 1.165) is 31.6 Å². The molecule has 2 N–H and O–H groups in total. The lowest BCUT2D eigenvalue weighted by atomic mass is 9.83. The second-order valence-corrected chi connectivity index (χ2v) is 4.50. The molecule has 15 heavy (non-hydrogen) atoms. The van der Waals surface area contributed by atoms with Crippen molar-refractivity contribution in [2.75, 3.05) is 6.61 Å². The summed E-state index contributed by atoms with van der Waals surface area (Å²) in [6, 6.07) is -0.411. The molecule has 0 saturated heterocycles. The standard InChI is InChI=1S/C12H23NO2/c1-2-3-7-11(13)12(14)15-9-8-10-5-4-6-10/h10-11H,2-9,13H2,1H3. The maximum Gasteiger partial charge on any atom is 0.322 e. The topological polar surface area (TPSA) is 52.3 Å². The van der Waals surface area contributed by atoms with Gasteiger partial charge in [-0.25, -0.2) is 0 Å². The third kappa shape index (κ3) is 4.65. The smallest absolute Gasteiger partial charge is 0.322 e. The fourth-order valence-corrected chi connectivity index (χ4v) is 1.76. The van der Waals surface area contributed by atoms with Gasteiger partial charge in [0.05, 0.1) is 6.61 Å². The van der Waals surface area contributed by atoms with Gasteiger partial charge in [-0.05, 0) is 18.8 Å². The Hall–Kier alpha value is -0.570. The molecule has 0 radical (unpaired) electrons. The second kappa shape index (κ2) is 6.83. The molecule has 0 aromatic heterocycles. The number of nitrogens with two attached hydrogens (primary N) is 1. The van der Waals surface area contributed by atoms with E-state index in [1.807, 2.05) is 0 Å². The molecule has 0 aromatic carbocycles. The van der Waals surface area contributed by atoms with Crippen LogP contribution in [0, 0.1) is 5.92 Å². The van der Waals surface area contributed by atoms with E-state index in [-0.39, 0.29) is 5.97 Å². The summed E-state index contributed by atoms with van der Waals surface area (Å²) in [5, 5.41) is 0. The Labute approximate surface area is 92.4 Å². The van der Waals surface area contributed by atoms with Crippen molar-refractivity contribution in [2.45, 2.75) is 57.9 Å². The maximum absolute atomic E-state index is 11.4. The van der Waals surface area contributed by atoms with Crippen LogP contribution in [0.15, 0.2) is 0 Å². The highest BCUT2D eigenvalue weighted by Gasteiger charge is 2.19. The van der Waals surface area contributed by atoms with Crippen LogP contribution in [0.5, 0.6) is 0 Å². The Bertz CT molecular complexity index is 190. The number of rotatable bonds is 7. The zero-order valence-corrected chi connectivity index (χ0v) is 9.71. The predicted molar refractivity (Wildman–Crippen MR) is 60.4 cm³/mol. The molecular formula is C12H23NO2. The third-order valence-electron chi connectivity index (χ3n) is 3.17. The number of hydrogen-bond acceptors (Lipinski definition) is 3. The van der Waals surface area contributed by atoms with Crippen molar-refractivity contribution < 1.29 is 9.53 Å². The van der Waals surface area contributed by atoms with E-state index in [9.17, 15) is 4.79 Å². The molecule has 1 atom stereocenters. The minimum Gasteiger partial charge on any atom is -0.465 e. The van der Waals surface area contributed by atoms with Crippen LogP contribution < -0.4 is 5.73 Å². The Kier molecular flexibility index (Phi) is 5.69. The van der Waals surface area contributed by atoms with E-state index >= 15 is 0 Å². The highest BCUT2D eigenvalue weighted by molar-refractivity contribution is 5.75. The normalized spacial score (nSPS) is 18.3. The van der Waals surface area contributed by atoms with Gasteiger partial charge in [0.15, 0.2) is 0 Å². The molecule has 3 heteroatoms. The number of esters is 1. The molecule has 0 aliphatic heterocycles. The first kappa shape index (κ1) is 12.5. The summed E-state index contributed by atoms with van der Waals surface area (Å²) in [7, 11) is 0. The van der Waals surface area contributed by atoms with Gasteiger partial charge in [0.2, 0.25) is 0 Å². The van der Waals surface area contributed by atoms with E-state index in [4.69, 9.17) is 10.5 Å². The molecule has 1 rings (SSSR count). The summed E-state index contributed by atoms with van der Waals surface area (Å²) in [6.07, 6.45) is 7.79. The molecule has 1 aliphatic rings. The van der Waals surface area contributed by atoms with Gasteiger partial charge in [-0.1, -0.05) is 39.0 Å². The van der Waals surface area contributed by atoms with E-state index in [0.29, 0.717) is 6.61 Å².